The summed E-state index contributed by atoms with van der Waals surface area (Å²) in [5, 5.41) is 10.2. The van der Waals surface area contributed by atoms with Crippen molar-refractivity contribution in [2.45, 2.75) is 38.9 Å². The Bertz CT molecular complexity index is 544. The van der Waals surface area contributed by atoms with Crippen molar-refractivity contribution in [3.8, 4) is 11.1 Å². The third-order valence-electron chi connectivity index (χ3n) is 3.89. The lowest BCUT2D eigenvalue weighted by molar-refractivity contribution is -0.0618. The molecule has 2 aromatic carbocycles. The molecule has 1 atom stereocenters. The lowest BCUT2D eigenvalue weighted by atomic mass is 10.0. The molecule has 0 bridgehead atoms. The summed E-state index contributed by atoms with van der Waals surface area (Å²) < 4.78 is 5.76. The predicted octanol–water partition coefficient (Wildman–Crippen LogP) is 4.59. The molecule has 0 aliphatic rings. The van der Waals surface area contributed by atoms with E-state index in [-0.39, 0.29) is 5.60 Å². The highest BCUT2D eigenvalue weighted by Gasteiger charge is 2.18. The number of ether oxygens (including phenoxy) is 1. The average Bonchev–Trinajstić information content (AvgIpc) is 2.54. The van der Waals surface area contributed by atoms with E-state index in [4.69, 9.17) is 4.74 Å². The van der Waals surface area contributed by atoms with Crippen LogP contribution in [0.25, 0.3) is 11.1 Å². The van der Waals surface area contributed by atoms with Gasteiger partial charge in [-0.25, -0.2) is 0 Å². The Kier molecular flexibility index (Phi) is 5.16. The van der Waals surface area contributed by atoms with Crippen LogP contribution in [0.5, 0.6) is 0 Å². The summed E-state index contributed by atoms with van der Waals surface area (Å²) in [4.78, 5) is 0. The molecule has 112 valence electrons. The van der Waals surface area contributed by atoms with Crippen molar-refractivity contribution >= 4 is 0 Å². The van der Waals surface area contributed by atoms with E-state index in [1.165, 1.54) is 5.56 Å². The average molecular weight is 284 g/mol. The standard InChI is InChI=1S/C19H24O2/c1-4-19(2,3)21-14-18(20)17-12-10-16(11-13-17)15-8-6-5-7-9-15/h5-13,18,20H,4,14H2,1-3H3. The molecule has 0 spiro atoms. The van der Waals surface area contributed by atoms with Gasteiger partial charge in [0.1, 0.15) is 6.10 Å². The van der Waals surface area contributed by atoms with Gasteiger partial charge in [0, 0.05) is 0 Å². The largest absolute Gasteiger partial charge is 0.386 e. The molecule has 1 N–H and O–H groups in total. The Morgan fingerprint density at radius 3 is 2.10 bits per heavy atom. The van der Waals surface area contributed by atoms with Gasteiger partial charge >= 0.3 is 0 Å². The fraction of sp³-hybridized carbons (Fsp3) is 0.368. The first-order valence-electron chi connectivity index (χ1n) is 7.49. The summed E-state index contributed by atoms with van der Waals surface area (Å²) in [7, 11) is 0. The van der Waals surface area contributed by atoms with Gasteiger partial charge in [-0.2, -0.15) is 0 Å². The fourth-order valence-corrected chi connectivity index (χ4v) is 2.03. The lowest BCUT2D eigenvalue weighted by Crippen LogP contribution is -2.25. The molecule has 1 unspecified atom stereocenters. The quantitative estimate of drug-likeness (QED) is 0.840. The van der Waals surface area contributed by atoms with Crippen molar-refractivity contribution < 1.29 is 9.84 Å². The SMILES string of the molecule is CCC(C)(C)OCC(O)c1ccc(-c2ccccc2)cc1. The zero-order valence-electron chi connectivity index (χ0n) is 13.0. The molecule has 0 aliphatic carbocycles. The zero-order chi connectivity index (χ0) is 15.3. The highest BCUT2D eigenvalue weighted by atomic mass is 16.5. The van der Waals surface area contributed by atoms with Crippen LogP contribution in [0.4, 0.5) is 0 Å². The molecule has 2 nitrogen and oxygen atoms in total. The van der Waals surface area contributed by atoms with Gasteiger partial charge < -0.3 is 9.84 Å². The van der Waals surface area contributed by atoms with Crippen LogP contribution in [0.15, 0.2) is 54.6 Å². The summed E-state index contributed by atoms with van der Waals surface area (Å²) in [6.07, 6.45) is 0.341. The minimum absolute atomic E-state index is 0.190. The molecule has 0 radical (unpaired) electrons. The van der Waals surface area contributed by atoms with Crippen molar-refractivity contribution in [1.29, 1.82) is 0 Å². The molecule has 0 aliphatic heterocycles. The molecular weight excluding hydrogens is 260 g/mol. The second kappa shape index (κ2) is 6.88. The summed E-state index contributed by atoms with van der Waals surface area (Å²) in [5.74, 6) is 0. The second-order valence-electron chi connectivity index (χ2n) is 5.93. The van der Waals surface area contributed by atoms with Crippen molar-refractivity contribution in [3.05, 3.63) is 60.2 Å². The lowest BCUT2D eigenvalue weighted by Gasteiger charge is -2.25. The number of hydrogen-bond acceptors (Lipinski definition) is 2. The first-order valence-corrected chi connectivity index (χ1v) is 7.49. The highest BCUT2D eigenvalue weighted by molar-refractivity contribution is 5.63. The van der Waals surface area contributed by atoms with E-state index in [0.29, 0.717) is 6.61 Å². The summed E-state index contributed by atoms with van der Waals surface area (Å²) in [5.41, 5.74) is 3.04. The van der Waals surface area contributed by atoms with E-state index in [2.05, 4.69) is 19.1 Å². The van der Waals surface area contributed by atoms with Crippen LogP contribution >= 0.6 is 0 Å². The zero-order valence-corrected chi connectivity index (χ0v) is 13.0. The van der Waals surface area contributed by atoms with Gasteiger partial charge in [0.2, 0.25) is 0 Å². The molecule has 2 rings (SSSR count). The molecule has 0 amide bonds. The predicted molar refractivity (Wildman–Crippen MR) is 87.2 cm³/mol. The van der Waals surface area contributed by atoms with Crippen LogP contribution in [0.1, 0.15) is 38.9 Å². The van der Waals surface area contributed by atoms with Gasteiger partial charge in [-0.15, -0.1) is 0 Å². The highest BCUT2D eigenvalue weighted by Crippen LogP contribution is 2.23. The molecule has 2 heteroatoms. The van der Waals surface area contributed by atoms with Crippen LogP contribution in [0.3, 0.4) is 0 Å². The third kappa shape index (κ3) is 4.42. The molecule has 0 heterocycles. The van der Waals surface area contributed by atoms with E-state index < -0.39 is 6.10 Å². The van der Waals surface area contributed by atoms with Crippen molar-refractivity contribution in [1.82, 2.24) is 0 Å². The van der Waals surface area contributed by atoms with Crippen molar-refractivity contribution in [3.63, 3.8) is 0 Å². The molecule has 0 aromatic heterocycles. The van der Waals surface area contributed by atoms with Crippen molar-refractivity contribution in [2.24, 2.45) is 0 Å². The van der Waals surface area contributed by atoms with Gasteiger partial charge in [-0.05, 0) is 37.0 Å². The maximum Gasteiger partial charge on any atom is 0.102 e. The van der Waals surface area contributed by atoms with E-state index in [9.17, 15) is 5.11 Å². The van der Waals surface area contributed by atoms with E-state index in [1.807, 2.05) is 56.3 Å². The Morgan fingerprint density at radius 2 is 1.52 bits per heavy atom. The van der Waals surface area contributed by atoms with Gasteiger partial charge in [-0.1, -0.05) is 61.5 Å². The van der Waals surface area contributed by atoms with Gasteiger partial charge in [0.25, 0.3) is 0 Å². The number of hydrogen-bond donors (Lipinski definition) is 1. The second-order valence-corrected chi connectivity index (χ2v) is 5.93. The Balaban J connectivity index is 2.02. The number of rotatable bonds is 6. The van der Waals surface area contributed by atoms with Crippen LogP contribution in [0, 0.1) is 0 Å². The minimum Gasteiger partial charge on any atom is -0.386 e. The maximum atomic E-state index is 10.2. The van der Waals surface area contributed by atoms with Gasteiger partial charge in [-0.3, -0.25) is 0 Å². The van der Waals surface area contributed by atoms with Crippen LogP contribution in [-0.4, -0.2) is 17.3 Å². The van der Waals surface area contributed by atoms with Crippen LogP contribution in [-0.2, 0) is 4.74 Å². The third-order valence-corrected chi connectivity index (χ3v) is 3.89. The van der Waals surface area contributed by atoms with E-state index in [1.54, 1.807) is 0 Å². The first kappa shape index (κ1) is 15.7. The Morgan fingerprint density at radius 1 is 0.952 bits per heavy atom. The topological polar surface area (TPSA) is 29.5 Å². The van der Waals surface area contributed by atoms with Gasteiger partial charge in [0.05, 0.1) is 12.2 Å². The number of benzene rings is 2. The minimum atomic E-state index is -0.583. The number of aliphatic hydroxyl groups excluding tert-OH is 1. The smallest absolute Gasteiger partial charge is 0.102 e. The van der Waals surface area contributed by atoms with E-state index in [0.717, 1.165) is 17.5 Å². The fourth-order valence-electron chi connectivity index (χ4n) is 2.03. The molecule has 0 fully saturated rings. The molecule has 0 saturated carbocycles. The molecular formula is C19H24O2. The summed E-state index contributed by atoms with van der Waals surface area (Å²) in [6, 6.07) is 18.2. The van der Waals surface area contributed by atoms with Crippen LogP contribution < -0.4 is 0 Å². The Hall–Kier alpha value is -1.64. The van der Waals surface area contributed by atoms with Gasteiger partial charge in [0.15, 0.2) is 0 Å². The maximum absolute atomic E-state index is 10.2. The van der Waals surface area contributed by atoms with Crippen LogP contribution in [0.2, 0.25) is 0 Å². The monoisotopic (exact) mass is 284 g/mol. The van der Waals surface area contributed by atoms with E-state index >= 15 is 0 Å². The number of aliphatic hydroxyl groups is 1. The van der Waals surface area contributed by atoms with Crippen molar-refractivity contribution in [2.75, 3.05) is 6.61 Å². The normalized spacial score (nSPS) is 13.1. The molecule has 2 aromatic rings. The Labute approximate surface area is 127 Å². The summed E-state index contributed by atoms with van der Waals surface area (Å²) in [6.45, 7) is 6.49. The first-order chi connectivity index (χ1) is 10.0. The molecule has 0 saturated heterocycles. The summed E-state index contributed by atoms with van der Waals surface area (Å²) >= 11 is 0. The molecule has 21 heavy (non-hydrogen) atoms.